The fraction of sp³-hybridized carbons (Fsp3) is 0.407. The predicted octanol–water partition coefficient (Wildman–Crippen LogP) is 6.10. The molecule has 0 saturated carbocycles. The molecule has 0 saturated heterocycles. The van der Waals surface area contributed by atoms with Crippen LogP contribution in [-0.2, 0) is 35.5 Å². The van der Waals surface area contributed by atoms with Gasteiger partial charge in [0.1, 0.15) is 17.4 Å². The van der Waals surface area contributed by atoms with Gasteiger partial charge in [-0.1, -0.05) is 36.4 Å². The molecule has 38 heavy (non-hydrogen) atoms. The van der Waals surface area contributed by atoms with Gasteiger partial charge in [-0.05, 0) is 68.4 Å². The first-order valence-corrected chi connectivity index (χ1v) is 14.6. The number of anilines is 1. The molecule has 8 nitrogen and oxygen atoms in total. The Hall–Kier alpha value is -2.82. The Balaban J connectivity index is 1.44. The van der Waals surface area contributed by atoms with E-state index in [1.807, 2.05) is 23.6 Å². The highest BCUT2D eigenvalue weighted by atomic mass is 35.5. The van der Waals surface area contributed by atoms with E-state index in [0.29, 0.717) is 44.8 Å². The number of carbonyl (C=O) groups excluding carboxylic acids is 2. The lowest BCUT2D eigenvalue weighted by Crippen LogP contribution is -2.18. The second-order valence-electron chi connectivity index (χ2n) is 9.11. The zero-order valence-corrected chi connectivity index (χ0v) is 24.1. The van der Waals surface area contributed by atoms with Gasteiger partial charge in [0.2, 0.25) is 5.91 Å². The van der Waals surface area contributed by atoms with E-state index in [1.165, 1.54) is 23.1 Å². The lowest BCUT2D eigenvalue weighted by atomic mass is 9.88. The van der Waals surface area contributed by atoms with E-state index >= 15 is 0 Å². The number of thioether (sulfide) groups is 1. The van der Waals surface area contributed by atoms with E-state index in [2.05, 4.69) is 29.0 Å². The minimum Gasteiger partial charge on any atom is -0.485 e. The largest absolute Gasteiger partial charge is 0.485 e. The number of carbonyl (C=O) groups is 2. The normalized spacial score (nSPS) is 14.6. The van der Waals surface area contributed by atoms with Gasteiger partial charge in [0, 0.05) is 16.4 Å². The number of allylic oxidation sites excluding steroid dienone is 1. The molecule has 0 bridgehead atoms. The van der Waals surface area contributed by atoms with Gasteiger partial charge < -0.3 is 14.8 Å². The van der Waals surface area contributed by atoms with Gasteiger partial charge in [-0.2, -0.15) is 0 Å². The molecule has 1 aromatic carbocycles. The molecule has 1 unspecified atom stereocenters. The number of aryl methyl sites for hydroxylation is 1. The molecule has 0 spiro atoms. The molecule has 1 N–H and O–H groups in total. The summed E-state index contributed by atoms with van der Waals surface area (Å²) >= 11 is 8.78. The highest BCUT2D eigenvalue weighted by molar-refractivity contribution is 7.99. The van der Waals surface area contributed by atoms with Crippen LogP contribution in [-0.4, -0.2) is 39.0 Å². The van der Waals surface area contributed by atoms with Crippen molar-refractivity contribution >= 4 is 51.6 Å². The number of thiophene rings is 1. The molecule has 1 amide bonds. The number of nitrogens with zero attached hydrogens (tertiary/aromatic N) is 3. The summed E-state index contributed by atoms with van der Waals surface area (Å²) in [6.07, 6.45) is 4.48. The summed E-state index contributed by atoms with van der Waals surface area (Å²) in [5, 5.41) is 13.3. The Morgan fingerprint density at radius 2 is 2.18 bits per heavy atom. The topological polar surface area (TPSA) is 95.3 Å². The first kappa shape index (κ1) is 28.2. The van der Waals surface area contributed by atoms with Crippen molar-refractivity contribution < 1.29 is 19.1 Å². The number of rotatable bonds is 11. The van der Waals surface area contributed by atoms with Crippen LogP contribution < -0.4 is 10.1 Å². The highest BCUT2D eigenvalue weighted by Crippen LogP contribution is 2.40. The van der Waals surface area contributed by atoms with E-state index in [4.69, 9.17) is 21.1 Å². The maximum atomic E-state index is 13.0. The van der Waals surface area contributed by atoms with E-state index in [1.54, 1.807) is 19.1 Å². The fourth-order valence-corrected chi connectivity index (χ4v) is 6.72. The molecule has 3 aromatic rings. The smallest absolute Gasteiger partial charge is 0.341 e. The Bertz CT molecular complexity index is 1340. The molecular formula is C27H31ClN4O4S2. The summed E-state index contributed by atoms with van der Waals surface area (Å²) in [5.41, 5.74) is 2.44. The number of fused-ring (bicyclic) bond motifs is 1. The zero-order valence-electron chi connectivity index (χ0n) is 21.7. The molecular weight excluding hydrogens is 544 g/mol. The third kappa shape index (κ3) is 6.59. The van der Waals surface area contributed by atoms with Crippen molar-refractivity contribution in [2.24, 2.45) is 5.92 Å². The van der Waals surface area contributed by atoms with Crippen LogP contribution in [0.15, 0.2) is 36.0 Å². The second-order valence-corrected chi connectivity index (χ2v) is 11.6. The maximum absolute atomic E-state index is 13.0. The monoisotopic (exact) mass is 574 g/mol. The lowest BCUT2D eigenvalue weighted by Gasteiger charge is -2.18. The molecule has 0 radical (unpaired) electrons. The summed E-state index contributed by atoms with van der Waals surface area (Å²) in [4.78, 5) is 26.9. The quantitative estimate of drug-likeness (QED) is 0.168. The molecule has 1 aliphatic rings. The molecule has 0 aliphatic heterocycles. The Kier molecular flexibility index (Phi) is 9.51. The standard InChI is InChI=1S/C27H31ClN4O4S2/c1-5-11-32-22(14-36-20-10-8-18(28)13-17(20)4)30-31-27(32)37-15-23(33)29-25-24(26(34)35-6-2)19-9-7-16(3)12-21(19)38-25/h5,8,10,13,16H,1,6-7,9,11-12,14-15H2,2-4H3,(H,29,33). The van der Waals surface area contributed by atoms with Crippen molar-refractivity contribution in [3.8, 4) is 5.75 Å². The van der Waals surface area contributed by atoms with Gasteiger partial charge in [0.15, 0.2) is 11.0 Å². The molecule has 11 heteroatoms. The predicted molar refractivity (Wildman–Crippen MR) is 152 cm³/mol. The average molecular weight is 575 g/mol. The number of hydrogen-bond donors (Lipinski definition) is 1. The summed E-state index contributed by atoms with van der Waals surface area (Å²) in [6.45, 7) is 10.7. The SMILES string of the molecule is C=CCn1c(COc2ccc(Cl)cc2C)nnc1SCC(=O)Nc1sc2c(c1C(=O)OCC)CCC(C)C2. The van der Waals surface area contributed by atoms with Crippen LogP contribution in [0.4, 0.5) is 5.00 Å². The third-order valence-corrected chi connectivity index (χ3v) is 8.55. The Labute approximate surface area is 235 Å². The molecule has 0 fully saturated rings. The van der Waals surface area contributed by atoms with E-state index < -0.39 is 0 Å². The van der Waals surface area contributed by atoms with E-state index in [0.717, 1.165) is 35.3 Å². The maximum Gasteiger partial charge on any atom is 0.341 e. The number of ether oxygens (including phenoxy) is 2. The minimum absolute atomic E-state index is 0.105. The number of aromatic nitrogens is 3. The first-order valence-electron chi connectivity index (χ1n) is 12.5. The molecule has 2 aromatic heterocycles. The van der Waals surface area contributed by atoms with Gasteiger partial charge in [-0.15, -0.1) is 28.1 Å². The number of hydrogen-bond acceptors (Lipinski definition) is 8. The van der Waals surface area contributed by atoms with Crippen LogP contribution >= 0.6 is 34.7 Å². The van der Waals surface area contributed by atoms with E-state index in [-0.39, 0.29) is 30.8 Å². The van der Waals surface area contributed by atoms with Crippen molar-refractivity contribution in [1.82, 2.24) is 14.8 Å². The Morgan fingerprint density at radius 1 is 1.37 bits per heavy atom. The van der Waals surface area contributed by atoms with Crippen LogP contribution in [0.5, 0.6) is 5.75 Å². The van der Waals surface area contributed by atoms with E-state index in [9.17, 15) is 9.59 Å². The van der Waals surface area contributed by atoms with Crippen molar-refractivity contribution in [3.63, 3.8) is 0 Å². The molecule has 1 aliphatic carbocycles. The van der Waals surface area contributed by atoms with Crippen LogP contribution in [0.1, 0.15) is 52.5 Å². The molecule has 4 rings (SSSR count). The molecule has 1 atom stereocenters. The lowest BCUT2D eigenvalue weighted by molar-refractivity contribution is -0.113. The number of amides is 1. The summed E-state index contributed by atoms with van der Waals surface area (Å²) in [6, 6.07) is 5.43. The van der Waals surface area contributed by atoms with Gasteiger partial charge in [0.05, 0.1) is 17.9 Å². The number of esters is 1. The van der Waals surface area contributed by atoms with Crippen molar-refractivity contribution in [3.05, 3.63) is 63.3 Å². The van der Waals surface area contributed by atoms with Crippen molar-refractivity contribution in [2.75, 3.05) is 17.7 Å². The summed E-state index contributed by atoms with van der Waals surface area (Å²) < 4.78 is 13.1. The van der Waals surface area contributed by atoms with Crippen LogP contribution in [0.3, 0.4) is 0 Å². The van der Waals surface area contributed by atoms with Crippen LogP contribution in [0, 0.1) is 12.8 Å². The molecule has 202 valence electrons. The summed E-state index contributed by atoms with van der Waals surface area (Å²) in [7, 11) is 0. The second kappa shape index (κ2) is 12.8. The van der Waals surface area contributed by atoms with Crippen LogP contribution in [0.25, 0.3) is 0 Å². The van der Waals surface area contributed by atoms with Crippen molar-refractivity contribution in [1.29, 1.82) is 0 Å². The molecule has 2 heterocycles. The van der Waals surface area contributed by atoms with Crippen LogP contribution in [0.2, 0.25) is 5.02 Å². The first-order chi connectivity index (χ1) is 18.3. The van der Waals surface area contributed by atoms with Gasteiger partial charge in [-0.25, -0.2) is 4.79 Å². The number of halogens is 1. The summed E-state index contributed by atoms with van der Waals surface area (Å²) in [5.74, 6) is 1.37. The number of benzene rings is 1. The minimum atomic E-state index is -0.381. The fourth-order valence-electron chi connectivity index (χ4n) is 4.31. The third-order valence-electron chi connectivity index (χ3n) is 6.18. The van der Waals surface area contributed by atoms with Gasteiger partial charge in [-0.3, -0.25) is 9.36 Å². The van der Waals surface area contributed by atoms with Gasteiger partial charge in [0.25, 0.3) is 0 Å². The highest BCUT2D eigenvalue weighted by Gasteiger charge is 2.29. The van der Waals surface area contributed by atoms with Gasteiger partial charge >= 0.3 is 5.97 Å². The zero-order chi connectivity index (χ0) is 27.2. The average Bonchev–Trinajstić information content (AvgIpc) is 3.42. The number of nitrogens with one attached hydrogen (secondary N) is 1. The Morgan fingerprint density at radius 3 is 2.92 bits per heavy atom. The van der Waals surface area contributed by atoms with Crippen molar-refractivity contribution in [2.45, 2.75) is 58.3 Å².